The normalized spacial score (nSPS) is 10.5. The van der Waals surface area contributed by atoms with Crippen molar-refractivity contribution in [3.63, 3.8) is 0 Å². The molecule has 7 heteroatoms. The number of rotatable bonds is 3. The van der Waals surface area contributed by atoms with Crippen molar-refractivity contribution in [2.75, 3.05) is 16.8 Å². The summed E-state index contributed by atoms with van der Waals surface area (Å²) in [4.78, 5) is 7.90. The van der Waals surface area contributed by atoms with E-state index in [-0.39, 0.29) is 17.4 Å². The van der Waals surface area contributed by atoms with E-state index in [0.717, 1.165) is 0 Å². The highest BCUT2D eigenvalue weighted by Crippen LogP contribution is 2.32. The van der Waals surface area contributed by atoms with Crippen LogP contribution in [0.3, 0.4) is 0 Å². The van der Waals surface area contributed by atoms with Gasteiger partial charge in [-0.05, 0) is 42.5 Å². The first-order valence-electron chi connectivity index (χ1n) is 6.77. The van der Waals surface area contributed by atoms with Crippen molar-refractivity contribution in [1.82, 2.24) is 9.97 Å². The van der Waals surface area contributed by atoms with Crippen molar-refractivity contribution in [3.8, 4) is 17.0 Å². The number of phenols is 1. The first-order chi connectivity index (χ1) is 11.0. The van der Waals surface area contributed by atoms with Crippen molar-refractivity contribution in [2.45, 2.75) is 0 Å². The number of halogens is 1. The second-order valence-electron chi connectivity index (χ2n) is 4.89. The van der Waals surface area contributed by atoms with Gasteiger partial charge in [-0.25, -0.2) is 14.4 Å². The number of nitrogen functional groups attached to an aromatic ring is 2. The predicted molar refractivity (Wildman–Crippen MR) is 87.6 cm³/mol. The molecule has 0 unspecified atom stereocenters. The van der Waals surface area contributed by atoms with Crippen LogP contribution in [-0.4, -0.2) is 15.1 Å². The van der Waals surface area contributed by atoms with Crippen LogP contribution in [0.4, 0.5) is 27.4 Å². The van der Waals surface area contributed by atoms with E-state index in [9.17, 15) is 9.50 Å². The number of anilines is 4. The molecule has 0 aliphatic heterocycles. The Morgan fingerprint density at radius 3 is 2.48 bits per heavy atom. The molecular formula is C16H14FN5O. The summed E-state index contributed by atoms with van der Waals surface area (Å²) in [5.74, 6) is -0.337. The standard InChI is InChI=1S/C16H14FN5O/c17-12-8-10(1-3-13(12)18)21-9-2-4-15(23)11(7-9)14-5-6-20-16(19)22-14/h1-8,21,23H,18H2,(H2,19,20,22). The van der Waals surface area contributed by atoms with Gasteiger partial charge < -0.3 is 21.9 Å². The molecule has 6 nitrogen and oxygen atoms in total. The third-order valence-electron chi connectivity index (χ3n) is 3.24. The maximum Gasteiger partial charge on any atom is 0.220 e. The van der Waals surface area contributed by atoms with Crippen LogP contribution in [0.1, 0.15) is 0 Å². The van der Waals surface area contributed by atoms with Crippen LogP contribution in [0.5, 0.6) is 5.75 Å². The molecule has 1 heterocycles. The van der Waals surface area contributed by atoms with Gasteiger partial charge in [0.1, 0.15) is 11.6 Å². The Bertz CT molecular complexity index is 869. The summed E-state index contributed by atoms with van der Waals surface area (Å²) in [5, 5.41) is 13.1. The Morgan fingerprint density at radius 1 is 1.00 bits per heavy atom. The minimum atomic E-state index is -0.502. The number of aromatic nitrogens is 2. The van der Waals surface area contributed by atoms with Crippen molar-refractivity contribution >= 4 is 23.0 Å². The Morgan fingerprint density at radius 2 is 1.74 bits per heavy atom. The summed E-state index contributed by atoms with van der Waals surface area (Å²) in [7, 11) is 0. The Kier molecular flexibility index (Phi) is 3.68. The van der Waals surface area contributed by atoms with E-state index in [0.29, 0.717) is 22.6 Å². The van der Waals surface area contributed by atoms with Crippen LogP contribution >= 0.6 is 0 Å². The highest BCUT2D eigenvalue weighted by atomic mass is 19.1. The summed E-state index contributed by atoms with van der Waals surface area (Å²) in [5.41, 5.74) is 13.3. The summed E-state index contributed by atoms with van der Waals surface area (Å²) < 4.78 is 13.5. The molecule has 23 heavy (non-hydrogen) atoms. The SMILES string of the molecule is Nc1nccc(-c2cc(Nc3ccc(N)c(F)c3)ccc2O)n1. The van der Waals surface area contributed by atoms with Crippen LogP contribution < -0.4 is 16.8 Å². The molecule has 2 aromatic carbocycles. The zero-order valence-electron chi connectivity index (χ0n) is 12.0. The first kappa shape index (κ1) is 14.6. The minimum absolute atomic E-state index is 0.0529. The van der Waals surface area contributed by atoms with Crippen LogP contribution in [0.25, 0.3) is 11.3 Å². The Hall–Kier alpha value is -3.35. The number of hydrogen-bond donors (Lipinski definition) is 4. The maximum atomic E-state index is 13.5. The van der Waals surface area contributed by atoms with E-state index >= 15 is 0 Å². The molecule has 0 saturated carbocycles. The fourth-order valence-electron chi connectivity index (χ4n) is 2.11. The molecular weight excluding hydrogens is 297 g/mol. The van der Waals surface area contributed by atoms with Crippen molar-refractivity contribution < 1.29 is 9.50 Å². The zero-order valence-corrected chi connectivity index (χ0v) is 12.0. The Balaban J connectivity index is 1.95. The van der Waals surface area contributed by atoms with Crippen LogP contribution in [0.15, 0.2) is 48.7 Å². The summed E-state index contributed by atoms with van der Waals surface area (Å²) >= 11 is 0. The lowest BCUT2D eigenvalue weighted by Crippen LogP contribution is -1.97. The molecule has 0 amide bonds. The van der Waals surface area contributed by atoms with Gasteiger partial charge in [0.2, 0.25) is 5.95 Å². The van der Waals surface area contributed by atoms with Gasteiger partial charge in [-0.3, -0.25) is 0 Å². The molecule has 116 valence electrons. The summed E-state index contributed by atoms with van der Waals surface area (Å²) in [6, 6.07) is 10.9. The molecule has 0 aliphatic rings. The molecule has 0 radical (unpaired) electrons. The molecule has 0 atom stereocenters. The number of phenolic OH excluding ortho intramolecular Hbond substituents is 1. The Labute approximate surface area is 131 Å². The quantitative estimate of drug-likeness (QED) is 0.437. The molecule has 0 spiro atoms. The van der Waals surface area contributed by atoms with Gasteiger partial charge in [0, 0.05) is 23.1 Å². The van der Waals surface area contributed by atoms with Crippen molar-refractivity contribution in [3.05, 3.63) is 54.5 Å². The molecule has 3 rings (SSSR count). The van der Waals surface area contributed by atoms with Gasteiger partial charge in [0.25, 0.3) is 0 Å². The third kappa shape index (κ3) is 3.13. The monoisotopic (exact) mass is 311 g/mol. The largest absolute Gasteiger partial charge is 0.507 e. The van der Waals surface area contributed by atoms with Gasteiger partial charge >= 0.3 is 0 Å². The fourth-order valence-corrected chi connectivity index (χ4v) is 2.11. The zero-order chi connectivity index (χ0) is 16.4. The average Bonchev–Trinajstić information content (AvgIpc) is 2.53. The number of nitrogens with two attached hydrogens (primary N) is 2. The van der Waals surface area contributed by atoms with E-state index in [4.69, 9.17) is 11.5 Å². The molecule has 0 fully saturated rings. The molecule has 0 saturated heterocycles. The van der Waals surface area contributed by atoms with Gasteiger partial charge in [-0.2, -0.15) is 0 Å². The van der Waals surface area contributed by atoms with Crippen LogP contribution in [0, 0.1) is 5.82 Å². The van der Waals surface area contributed by atoms with Gasteiger partial charge in [0.15, 0.2) is 0 Å². The van der Waals surface area contributed by atoms with Gasteiger partial charge in [0.05, 0.1) is 11.4 Å². The van der Waals surface area contributed by atoms with E-state index < -0.39 is 5.82 Å². The van der Waals surface area contributed by atoms with Crippen LogP contribution in [0.2, 0.25) is 0 Å². The first-order valence-corrected chi connectivity index (χ1v) is 6.77. The number of benzene rings is 2. The highest BCUT2D eigenvalue weighted by Gasteiger charge is 2.09. The lowest BCUT2D eigenvalue weighted by Gasteiger charge is -2.10. The number of aromatic hydroxyl groups is 1. The topological polar surface area (TPSA) is 110 Å². The molecule has 0 aliphatic carbocycles. The fraction of sp³-hybridized carbons (Fsp3) is 0. The highest BCUT2D eigenvalue weighted by molar-refractivity contribution is 5.74. The molecule has 0 bridgehead atoms. The van der Waals surface area contributed by atoms with Gasteiger partial charge in [-0.1, -0.05) is 0 Å². The molecule has 3 aromatic rings. The van der Waals surface area contributed by atoms with Gasteiger partial charge in [-0.15, -0.1) is 0 Å². The maximum absolute atomic E-state index is 13.5. The smallest absolute Gasteiger partial charge is 0.220 e. The van der Waals surface area contributed by atoms with E-state index in [1.165, 1.54) is 24.4 Å². The summed E-state index contributed by atoms with van der Waals surface area (Å²) in [6.45, 7) is 0. The van der Waals surface area contributed by atoms with E-state index in [1.807, 2.05) is 0 Å². The lowest BCUT2D eigenvalue weighted by molar-refractivity contribution is 0.477. The lowest BCUT2D eigenvalue weighted by atomic mass is 10.1. The summed E-state index contributed by atoms with van der Waals surface area (Å²) in [6.07, 6.45) is 1.51. The van der Waals surface area contributed by atoms with E-state index in [1.54, 1.807) is 24.3 Å². The molecule has 6 N–H and O–H groups in total. The minimum Gasteiger partial charge on any atom is -0.507 e. The average molecular weight is 311 g/mol. The van der Waals surface area contributed by atoms with Crippen molar-refractivity contribution in [2.24, 2.45) is 0 Å². The number of nitrogens with one attached hydrogen (secondary N) is 1. The van der Waals surface area contributed by atoms with E-state index in [2.05, 4.69) is 15.3 Å². The van der Waals surface area contributed by atoms with Crippen LogP contribution in [-0.2, 0) is 0 Å². The van der Waals surface area contributed by atoms with Crippen molar-refractivity contribution in [1.29, 1.82) is 0 Å². The molecule has 1 aromatic heterocycles. The second-order valence-corrected chi connectivity index (χ2v) is 4.89. The predicted octanol–water partition coefficient (Wildman–Crippen LogP) is 2.90. The second kappa shape index (κ2) is 5.80. The number of nitrogens with zero attached hydrogens (tertiary/aromatic N) is 2. The number of hydrogen-bond acceptors (Lipinski definition) is 6. The third-order valence-corrected chi connectivity index (χ3v) is 3.24.